The van der Waals surface area contributed by atoms with E-state index in [9.17, 15) is 0 Å². The normalized spacial score (nSPS) is 23.3. The van der Waals surface area contributed by atoms with E-state index in [4.69, 9.17) is 5.48 Å². The minimum atomic E-state index is -0.320. The summed E-state index contributed by atoms with van der Waals surface area (Å²) in [6.07, 6.45) is 15.6. The molecule has 0 aromatic heterocycles. The largest absolute Gasteiger partial charge is 0.325 e. The molecule has 4 heteroatoms. The van der Waals surface area contributed by atoms with Crippen LogP contribution in [-0.4, -0.2) is 17.2 Å². The van der Waals surface area contributed by atoms with Gasteiger partial charge in [-0.2, -0.15) is 36.8 Å². The molecule has 33 heavy (non-hydrogen) atoms. The van der Waals surface area contributed by atoms with Gasteiger partial charge in [-0.05, 0) is 36.6 Å². The van der Waals surface area contributed by atoms with Crippen LogP contribution >= 0.6 is 11.8 Å². The van der Waals surface area contributed by atoms with Crippen molar-refractivity contribution in [1.29, 1.82) is 0 Å². The number of allylic oxidation sites excluding steroid dienone is 8. The van der Waals surface area contributed by atoms with Gasteiger partial charge in [0.1, 0.15) is 0 Å². The maximum absolute atomic E-state index is 7.73. The molecule has 0 fully saturated rings. The molecule has 0 saturated heterocycles. The molecular weight excluding hydrogens is 601 g/mol. The zero-order chi connectivity index (χ0) is 26.1. The number of nitrogens with zero attached hydrogens (tertiary/aromatic N) is 2. The summed E-state index contributed by atoms with van der Waals surface area (Å²) < 4.78 is 29.9. The van der Waals surface area contributed by atoms with E-state index >= 15 is 0 Å². The second-order valence-electron chi connectivity index (χ2n) is 7.58. The van der Waals surface area contributed by atoms with Gasteiger partial charge in [0, 0.05) is 44.0 Å². The van der Waals surface area contributed by atoms with Crippen molar-refractivity contribution >= 4 is 23.7 Å². The van der Waals surface area contributed by atoms with Crippen LogP contribution in [0.15, 0.2) is 118 Å². The molecule has 2 heterocycles. The Morgan fingerprint density at radius 3 is 3.00 bits per heavy atom. The predicted molar refractivity (Wildman–Crippen MR) is 141 cm³/mol. The minimum absolute atomic E-state index is 0. The van der Waals surface area contributed by atoms with Crippen LogP contribution in [0.25, 0.3) is 0 Å². The van der Waals surface area contributed by atoms with Crippen molar-refractivity contribution in [3.05, 3.63) is 121 Å². The Balaban J connectivity index is 0.000000295. The second-order valence-corrected chi connectivity index (χ2v) is 8.76. The Labute approximate surface area is 222 Å². The zero-order valence-corrected chi connectivity index (χ0v) is 21.9. The van der Waals surface area contributed by atoms with Crippen LogP contribution in [0.1, 0.15) is 43.2 Å². The van der Waals surface area contributed by atoms with Gasteiger partial charge in [-0.15, -0.1) is 30.5 Å². The molecule has 2 nitrogen and oxygen atoms in total. The van der Waals surface area contributed by atoms with E-state index in [1.165, 1.54) is 16.0 Å². The maximum atomic E-state index is 7.73. The van der Waals surface area contributed by atoms with Gasteiger partial charge in [0.05, 0.1) is 4.11 Å². The molecule has 0 N–H and O–H groups in total. The van der Waals surface area contributed by atoms with Crippen molar-refractivity contribution in [1.82, 2.24) is 0 Å². The fraction of sp³-hybridized carbons (Fsp3) is 0.207. The maximum Gasteiger partial charge on any atom is 0.0826 e. The molecule has 0 bridgehead atoms. The van der Waals surface area contributed by atoms with Gasteiger partial charge < -0.3 is 9.98 Å². The molecule has 1 aromatic rings. The van der Waals surface area contributed by atoms with Crippen LogP contribution < -0.4 is 0 Å². The summed E-state index contributed by atoms with van der Waals surface area (Å²) in [5, 5.41) is 0.0692. The summed E-state index contributed by atoms with van der Waals surface area (Å²) >= 11 is 1.71. The van der Waals surface area contributed by atoms with Gasteiger partial charge in [-0.1, -0.05) is 61.0 Å². The Morgan fingerprint density at radius 1 is 1.42 bits per heavy atom. The number of fused-ring (bicyclic) bond motifs is 3. The van der Waals surface area contributed by atoms with Crippen LogP contribution in [-0.2, 0) is 20.1 Å². The van der Waals surface area contributed by atoms with Gasteiger partial charge in [-0.3, -0.25) is 0 Å². The van der Waals surface area contributed by atoms with E-state index in [1.807, 2.05) is 30.5 Å². The summed E-state index contributed by atoms with van der Waals surface area (Å²) in [5.41, 5.74) is 5.85. The minimum Gasteiger partial charge on any atom is -0.325 e. The van der Waals surface area contributed by atoms with Crippen LogP contribution in [0.5, 0.6) is 0 Å². The molecule has 0 spiro atoms. The molecular formula is C29H30IrN2S-2. The van der Waals surface area contributed by atoms with E-state index < -0.39 is 0 Å². The second kappa shape index (κ2) is 13.3. The standard InChI is InChI=1S/C17H14NS.C12H16N.Ir/c1-3-11-18-12(2)13-8-6-9-15-14-7-4-5-10-16(14)19-17(13)15;1-4-5-6-11(3)12-8-7-10(2)9-13-12;/h3-7,9-11,15,17H,1-2H2;4,6,9H,1,3,5,7-8H2,2H3;/q2*-1;/i1D,2D,3D,11D;;. The molecule has 0 amide bonds. The quantitative estimate of drug-likeness (QED) is 0.171. The monoisotopic (exact) mass is 635 g/mol. The van der Waals surface area contributed by atoms with E-state index in [0.717, 1.165) is 49.2 Å². The van der Waals surface area contributed by atoms with Crippen LogP contribution in [0.4, 0.5) is 0 Å². The molecule has 1 radical (unpaired) electrons. The Bertz CT molecular complexity index is 1220. The fourth-order valence-corrected chi connectivity index (χ4v) is 5.06. The number of hydrogen-bond donors (Lipinski definition) is 0. The number of benzene rings is 1. The van der Waals surface area contributed by atoms with Gasteiger partial charge in [0.25, 0.3) is 0 Å². The summed E-state index contributed by atoms with van der Waals surface area (Å²) in [7, 11) is 0. The number of hydrogen-bond acceptors (Lipinski definition) is 3. The van der Waals surface area contributed by atoms with E-state index in [1.54, 1.807) is 11.8 Å². The van der Waals surface area contributed by atoms with Gasteiger partial charge in [-0.25, -0.2) is 0 Å². The van der Waals surface area contributed by atoms with Crippen molar-refractivity contribution in [2.24, 2.45) is 9.98 Å². The van der Waals surface area contributed by atoms with Crippen LogP contribution in [0.3, 0.4) is 0 Å². The first-order valence-corrected chi connectivity index (χ1v) is 11.4. The first-order valence-electron chi connectivity index (χ1n) is 12.7. The van der Waals surface area contributed by atoms with Crippen molar-refractivity contribution in [3.8, 4) is 0 Å². The van der Waals surface area contributed by atoms with E-state index in [2.05, 4.69) is 60.8 Å². The third-order valence-corrected chi connectivity index (χ3v) is 6.71. The fourth-order valence-electron chi connectivity index (χ4n) is 3.60. The molecule has 1 aliphatic carbocycles. The topological polar surface area (TPSA) is 24.7 Å². The molecule has 0 saturated carbocycles. The molecule has 2 atom stereocenters. The average Bonchev–Trinajstić information content (AvgIpc) is 3.29. The molecule has 4 rings (SSSR count). The number of rotatable bonds is 7. The summed E-state index contributed by atoms with van der Waals surface area (Å²) in [6.45, 7) is 11.6. The van der Waals surface area contributed by atoms with Gasteiger partial charge in [0.15, 0.2) is 0 Å². The summed E-state index contributed by atoms with van der Waals surface area (Å²) in [4.78, 5) is 9.61. The van der Waals surface area contributed by atoms with Crippen LogP contribution in [0.2, 0.25) is 0 Å². The number of aliphatic imine (C=N–C) groups is 2. The number of thioether (sulfide) groups is 1. The molecule has 1 aromatic carbocycles. The van der Waals surface area contributed by atoms with Crippen molar-refractivity contribution in [2.45, 2.75) is 42.2 Å². The first-order chi connectivity index (χ1) is 17.4. The van der Waals surface area contributed by atoms with Crippen molar-refractivity contribution in [2.75, 3.05) is 0 Å². The van der Waals surface area contributed by atoms with Crippen molar-refractivity contribution in [3.63, 3.8) is 0 Å². The van der Waals surface area contributed by atoms with Crippen LogP contribution in [0, 0.1) is 12.5 Å². The Kier molecular flexibility index (Phi) is 8.56. The summed E-state index contributed by atoms with van der Waals surface area (Å²) in [5.74, 6) is 0.203. The smallest absolute Gasteiger partial charge is 0.0826 e. The molecule has 173 valence electrons. The Hall–Kier alpha value is -2.39. The predicted octanol–water partition coefficient (Wildman–Crippen LogP) is 7.77. The third kappa shape index (κ3) is 7.04. The zero-order valence-electron chi connectivity index (χ0n) is 22.7. The van der Waals surface area contributed by atoms with E-state index in [-0.39, 0.29) is 43.5 Å². The SMILES string of the molecule is C=CC[CH-]C(=C)C1=NC=C(C)CC1.[2H]C=C([2H])C([2H])=NC(=C[2H])C1=[C-]C=CC2c3ccccc3SC12.[Ir]. The summed E-state index contributed by atoms with van der Waals surface area (Å²) in [6, 6.07) is 7.93. The molecule has 3 aliphatic rings. The Morgan fingerprint density at radius 2 is 2.27 bits per heavy atom. The van der Waals surface area contributed by atoms with Gasteiger partial charge in [0.2, 0.25) is 0 Å². The average molecular weight is 635 g/mol. The first kappa shape index (κ1) is 21.2. The van der Waals surface area contributed by atoms with Crippen molar-refractivity contribution < 1.29 is 25.6 Å². The molecule has 2 aliphatic heterocycles. The van der Waals surface area contributed by atoms with E-state index in [0.29, 0.717) is 5.70 Å². The third-order valence-electron chi connectivity index (χ3n) is 5.30. The molecule has 2 unspecified atom stereocenters. The van der Waals surface area contributed by atoms with Gasteiger partial charge >= 0.3 is 0 Å².